The van der Waals surface area contributed by atoms with Gasteiger partial charge in [0.05, 0.1) is 0 Å². The Hall–Kier alpha value is -2.05. The van der Waals surface area contributed by atoms with Crippen LogP contribution in [-0.4, -0.2) is 33.5 Å². The number of carboxylic acid groups (broad SMARTS) is 1. The number of carbonyl (C=O) groups excluding carboxylic acids is 1. The average Bonchev–Trinajstić information content (AvgIpc) is 2.70. The van der Waals surface area contributed by atoms with Gasteiger partial charge >= 0.3 is 11.7 Å². The van der Waals surface area contributed by atoms with Crippen molar-refractivity contribution in [3.63, 3.8) is 0 Å². The van der Waals surface area contributed by atoms with Gasteiger partial charge in [-0.3, -0.25) is 9.59 Å². The van der Waals surface area contributed by atoms with E-state index in [0.717, 1.165) is 0 Å². The van der Waals surface area contributed by atoms with E-state index in [1.54, 1.807) is 0 Å². The van der Waals surface area contributed by atoms with Gasteiger partial charge in [0, 0.05) is 19.2 Å². The predicted octanol–water partition coefficient (Wildman–Crippen LogP) is -0.0663. The second kappa shape index (κ2) is 5.88. The zero-order chi connectivity index (χ0) is 12.8. The molecule has 17 heavy (non-hydrogen) atoms. The predicted molar refractivity (Wildman–Crippen MR) is 59.8 cm³/mol. The molecule has 4 N–H and O–H groups in total. The molecule has 0 aliphatic heterocycles. The zero-order valence-corrected chi connectivity index (χ0v) is 9.45. The molecule has 0 aliphatic carbocycles. The van der Waals surface area contributed by atoms with Gasteiger partial charge in [-0.2, -0.15) is 0 Å². The lowest BCUT2D eigenvalue weighted by molar-refractivity contribution is -0.137. The lowest BCUT2D eigenvalue weighted by Gasteiger charge is -2.10. The Bertz CT molecular complexity index is 448. The number of hydrogen-bond donors (Lipinski definition) is 4. The summed E-state index contributed by atoms with van der Waals surface area (Å²) in [5, 5.41) is 11.1. The highest BCUT2D eigenvalue weighted by atomic mass is 16.4. The molecular weight excluding hydrogens is 226 g/mol. The fourth-order valence-corrected chi connectivity index (χ4v) is 1.29. The van der Waals surface area contributed by atoms with Crippen molar-refractivity contribution in [2.75, 3.05) is 6.54 Å². The van der Waals surface area contributed by atoms with Crippen LogP contribution in [0.1, 0.15) is 30.3 Å². The Labute approximate surface area is 97.2 Å². The molecule has 1 atom stereocenters. The number of hydrogen-bond acceptors (Lipinski definition) is 3. The van der Waals surface area contributed by atoms with Gasteiger partial charge in [-0.25, -0.2) is 4.79 Å². The summed E-state index contributed by atoms with van der Waals surface area (Å²) < 4.78 is 0. The maximum Gasteiger partial charge on any atom is 0.323 e. The summed E-state index contributed by atoms with van der Waals surface area (Å²) in [6.45, 7) is 2.22. The Kier molecular flexibility index (Phi) is 4.50. The van der Waals surface area contributed by atoms with Crippen LogP contribution >= 0.6 is 0 Å². The molecule has 7 nitrogen and oxygen atoms in total. The summed E-state index contributed by atoms with van der Waals surface area (Å²) in [6.07, 6.45) is 1.87. The van der Waals surface area contributed by atoms with Crippen molar-refractivity contribution in [1.29, 1.82) is 0 Å². The Morgan fingerprint density at radius 1 is 1.53 bits per heavy atom. The third-order valence-corrected chi connectivity index (χ3v) is 2.30. The molecule has 1 heterocycles. The number of aliphatic carboxylic acids is 1. The van der Waals surface area contributed by atoms with Crippen LogP contribution in [0.25, 0.3) is 0 Å². The number of amides is 1. The minimum atomic E-state index is -0.849. The average molecular weight is 241 g/mol. The fourth-order valence-electron chi connectivity index (χ4n) is 1.29. The number of aromatic nitrogens is 2. The standard InChI is InChI=1S/C10H15N3O4/c1-6(2-3-8(14)15)4-11-9(16)7-5-12-10(17)13-7/h5-6H,2-4H2,1H3,(H,11,16)(H,14,15)(H2,12,13,17). The molecule has 1 amide bonds. The Morgan fingerprint density at radius 2 is 2.24 bits per heavy atom. The molecule has 0 saturated heterocycles. The van der Waals surface area contributed by atoms with Crippen molar-refractivity contribution in [2.24, 2.45) is 5.92 Å². The van der Waals surface area contributed by atoms with Gasteiger partial charge in [0.25, 0.3) is 5.91 Å². The number of aromatic amines is 2. The third kappa shape index (κ3) is 4.54. The maximum atomic E-state index is 11.5. The van der Waals surface area contributed by atoms with Gasteiger partial charge in [-0.1, -0.05) is 6.92 Å². The van der Waals surface area contributed by atoms with E-state index >= 15 is 0 Å². The third-order valence-electron chi connectivity index (χ3n) is 2.30. The SMILES string of the molecule is CC(CCC(=O)O)CNC(=O)c1c[nH]c(=O)[nH]1. The molecule has 1 aromatic heterocycles. The van der Waals surface area contributed by atoms with Gasteiger partial charge < -0.3 is 20.4 Å². The number of rotatable bonds is 6. The van der Waals surface area contributed by atoms with Gasteiger partial charge in [0.1, 0.15) is 5.69 Å². The number of carbonyl (C=O) groups is 2. The number of nitrogens with one attached hydrogen (secondary N) is 3. The molecule has 0 radical (unpaired) electrons. The van der Waals surface area contributed by atoms with E-state index in [4.69, 9.17) is 5.11 Å². The molecule has 0 aliphatic rings. The number of imidazole rings is 1. The van der Waals surface area contributed by atoms with Crippen LogP contribution in [0.15, 0.2) is 11.0 Å². The van der Waals surface area contributed by atoms with E-state index < -0.39 is 11.7 Å². The first-order valence-electron chi connectivity index (χ1n) is 5.26. The summed E-state index contributed by atoms with van der Waals surface area (Å²) in [7, 11) is 0. The first-order valence-corrected chi connectivity index (χ1v) is 5.26. The van der Waals surface area contributed by atoms with Crippen LogP contribution in [-0.2, 0) is 4.79 Å². The summed E-state index contributed by atoms with van der Waals surface area (Å²) in [5.74, 6) is -1.16. The van der Waals surface area contributed by atoms with Crippen molar-refractivity contribution in [3.05, 3.63) is 22.4 Å². The molecule has 1 unspecified atom stereocenters. The molecule has 1 aromatic rings. The van der Waals surface area contributed by atoms with Crippen LogP contribution in [0.2, 0.25) is 0 Å². The van der Waals surface area contributed by atoms with Gasteiger partial charge in [0.15, 0.2) is 0 Å². The molecule has 0 aromatic carbocycles. The minimum Gasteiger partial charge on any atom is -0.481 e. The van der Waals surface area contributed by atoms with Crippen molar-refractivity contribution < 1.29 is 14.7 Å². The summed E-state index contributed by atoms with van der Waals surface area (Å²) in [5.41, 5.74) is -0.269. The lowest BCUT2D eigenvalue weighted by Crippen LogP contribution is -2.29. The van der Waals surface area contributed by atoms with Gasteiger partial charge in [0.2, 0.25) is 0 Å². The number of carboxylic acids is 1. The first kappa shape index (κ1) is 13.0. The lowest BCUT2D eigenvalue weighted by atomic mass is 10.1. The second-order valence-corrected chi connectivity index (χ2v) is 3.90. The van der Waals surface area contributed by atoms with E-state index in [1.165, 1.54) is 6.20 Å². The smallest absolute Gasteiger partial charge is 0.323 e. The highest BCUT2D eigenvalue weighted by Crippen LogP contribution is 2.04. The fraction of sp³-hybridized carbons (Fsp3) is 0.500. The summed E-state index contributed by atoms with van der Waals surface area (Å²) >= 11 is 0. The first-order chi connectivity index (χ1) is 7.99. The Morgan fingerprint density at radius 3 is 2.76 bits per heavy atom. The highest BCUT2D eigenvalue weighted by molar-refractivity contribution is 5.91. The van der Waals surface area contributed by atoms with Crippen molar-refractivity contribution in [2.45, 2.75) is 19.8 Å². The molecule has 1 rings (SSSR count). The Balaban J connectivity index is 2.33. The van der Waals surface area contributed by atoms with Crippen LogP contribution < -0.4 is 11.0 Å². The van der Waals surface area contributed by atoms with E-state index in [2.05, 4.69) is 15.3 Å². The van der Waals surface area contributed by atoms with E-state index in [-0.39, 0.29) is 23.9 Å². The number of H-pyrrole nitrogens is 2. The molecule has 94 valence electrons. The highest BCUT2D eigenvalue weighted by Gasteiger charge is 2.10. The van der Waals surface area contributed by atoms with Crippen LogP contribution in [0.5, 0.6) is 0 Å². The monoisotopic (exact) mass is 241 g/mol. The van der Waals surface area contributed by atoms with Crippen molar-refractivity contribution in [1.82, 2.24) is 15.3 Å². The molecule has 0 spiro atoms. The maximum absolute atomic E-state index is 11.5. The molecular formula is C10H15N3O4. The molecule has 0 fully saturated rings. The van der Waals surface area contributed by atoms with E-state index in [1.807, 2.05) is 6.92 Å². The summed E-state index contributed by atoms with van der Waals surface area (Å²) in [6, 6.07) is 0. The van der Waals surface area contributed by atoms with Crippen molar-refractivity contribution in [3.8, 4) is 0 Å². The van der Waals surface area contributed by atoms with Gasteiger partial charge in [-0.15, -0.1) is 0 Å². The quantitative estimate of drug-likeness (QED) is 0.558. The normalized spacial score (nSPS) is 12.1. The molecule has 7 heteroatoms. The topological polar surface area (TPSA) is 115 Å². The largest absolute Gasteiger partial charge is 0.481 e. The van der Waals surface area contributed by atoms with Gasteiger partial charge in [-0.05, 0) is 12.3 Å². The van der Waals surface area contributed by atoms with Crippen LogP contribution in [0, 0.1) is 5.92 Å². The van der Waals surface area contributed by atoms with Crippen LogP contribution in [0.3, 0.4) is 0 Å². The van der Waals surface area contributed by atoms with Crippen LogP contribution in [0.4, 0.5) is 0 Å². The second-order valence-electron chi connectivity index (χ2n) is 3.90. The minimum absolute atomic E-state index is 0.0701. The molecule has 0 saturated carbocycles. The van der Waals surface area contributed by atoms with Crippen molar-refractivity contribution >= 4 is 11.9 Å². The zero-order valence-electron chi connectivity index (χ0n) is 9.45. The van der Waals surface area contributed by atoms with E-state index in [9.17, 15) is 14.4 Å². The van der Waals surface area contributed by atoms with E-state index in [0.29, 0.717) is 13.0 Å². The summed E-state index contributed by atoms with van der Waals surface area (Å²) in [4.78, 5) is 37.2. The molecule has 0 bridgehead atoms.